The van der Waals surface area contributed by atoms with Gasteiger partial charge in [-0.15, -0.1) is 0 Å². The molecule has 2 aromatic carbocycles. The third-order valence-corrected chi connectivity index (χ3v) is 6.95. The van der Waals surface area contributed by atoms with Gasteiger partial charge >= 0.3 is 0 Å². The second-order valence-electron chi connectivity index (χ2n) is 9.99. The van der Waals surface area contributed by atoms with Crippen molar-refractivity contribution < 1.29 is 14.3 Å². The molecule has 1 unspecified atom stereocenters. The van der Waals surface area contributed by atoms with Gasteiger partial charge in [0.15, 0.2) is 5.78 Å². The topological polar surface area (TPSA) is 35.5 Å². The molecular weight excluding hydrogens is 408 g/mol. The SMILES string of the molecule is CCCCCCC(C)(C)c1ccc(C2=C(OC)CCC(C)C2=O)c(OCc2ccccc2)c1. The van der Waals surface area contributed by atoms with Crippen molar-refractivity contribution in [3.05, 3.63) is 71.0 Å². The Bertz CT molecular complexity index is 956. The summed E-state index contributed by atoms with van der Waals surface area (Å²) >= 11 is 0. The molecule has 0 bridgehead atoms. The van der Waals surface area contributed by atoms with Crippen LogP contribution in [0, 0.1) is 5.92 Å². The lowest BCUT2D eigenvalue weighted by Gasteiger charge is -2.28. The largest absolute Gasteiger partial charge is 0.500 e. The van der Waals surface area contributed by atoms with Crippen LogP contribution in [0.1, 0.15) is 89.3 Å². The van der Waals surface area contributed by atoms with E-state index in [-0.39, 0.29) is 17.1 Å². The monoisotopic (exact) mass is 448 g/mol. The maximum absolute atomic E-state index is 13.2. The Balaban J connectivity index is 1.98. The fourth-order valence-electron chi connectivity index (χ4n) is 4.62. The number of allylic oxidation sites excluding steroid dienone is 2. The molecule has 0 saturated carbocycles. The maximum atomic E-state index is 13.2. The Morgan fingerprint density at radius 1 is 1.03 bits per heavy atom. The van der Waals surface area contributed by atoms with Crippen molar-refractivity contribution in [3.63, 3.8) is 0 Å². The molecule has 3 heteroatoms. The van der Waals surface area contributed by atoms with Crippen LogP contribution < -0.4 is 4.74 Å². The number of unbranched alkanes of at least 4 members (excludes halogenated alkanes) is 3. The quantitative estimate of drug-likeness (QED) is 0.328. The summed E-state index contributed by atoms with van der Waals surface area (Å²) in [5.41, 5.74) is 3.94. The van der Waals surface area contributed by atoms with Crippen LogP contribution in [0.15, 0.2) is 54.3 Å². The third-order valence-electron chi connectivity index (χ3n) is 6.95. The number of ketones is 1. The lowest BCUT2D eigenvalue weighted by molar-refractivity contribution is -0.117. The molecule has 0 heterocycles. The Morgan fingerprint density at radius 2 is 1.79 bits per heavy atom. The number of ether oxygens (including phenoxy) is 2. The molecule has 0 saturated heterocycles. The Kier molecular flexibility index (Phi) is 8.77. The van der Waals surface area contributed by atoms with Gasteiger partial charge < -0.3 is 9.47 Å². The van der Waals surface area contributed by atoms with Crippen LogP contribution >= 0.6 is 0 Å². The van der Waals surface area contributed by atoms with E-state index < -0.39 is 0 Å². The lowest BCUT2D eigenvalue weighted by Crippen LogP contribution is -2.21. The molecule has 0 amide bonds. The highest BCUT2D eigenvalue weighted by Gasteiger charge is 2.31. The second-order valence-corrected chi connectivity index (χ2v) is 9.99. The van der Waals surface area contributed by atoms with Gasteiger partial charge in [-0.05, 0) is 35.4 Å². The van der Waals surface area contributed by atoms with Gasteiger partial charge in [-0.2, -0.15) is 0 Å². The average molecular weight is 449 g/mol. The molecule has 3 rings (SSSR count). The van der Waals surface area contributed by atoms with Gasteiger partial charge in [0.05, 0.1) is 12.7 Å². The number of rotatable bonds is 11. The van der Waals surface area contributed by atoms with Crippen LogP contribution in [0.5, 0.6) is 5.75 Å². The van der Waals surface area contributed by atoms with Gasteiger partial charge in [0.25, 0.3) is 0 Å². The van der Waals surface area contributed by atoms with Gasteiger partial charge in [0.1, 0.15) is 18.1 Å². The fourth-order valence-corrected chi connectivity index (χ4v) is 4.62. The number of methoxy groups -OCH3 is 1. The molecule has 33 heavy (non-hydrogen) atoms. The molecule has 1 atom stereocenters. The second kappa shape index (κ2) is 11.5. The number of benzene rings is 2. The maximum Gasteiger partial charge on any atom is 0.169 e. The van der Waals surface area contributed by atoms with Crippen molar-refractivity contribution in [2.75, 3.05) is 7.11 Å². The van der Waals surface area contributed by atoms with Crippen LogP contribution in [-0.2, 0) is 21.6 Å². The van der Waals surface area contributed by atoms with Gasteiger partial charge in [-0.1, -0.05) is 95.8 Å². The Labute approximate surface area is 200 Å². The summed E-state index contributed by atoms with van der Waals surface area (Å²) in [7, 11) is 1.66. The number of carbonyl (C=O) groups is 1. The first-order chi connectivity index (χ1) is 15.9. The van der Waals surface area contributed by atoms with Crippen molar-refractivity contribution in [2.24, 2.45) is 5.92 Å². The van der Waals surface area contributed by atoms with Crippen molar-refractivity contribution in [1.82, 2.24) is 0 Å². The van der Waals surface area contributed by atoms with Crippen LogP contribution in [-0.4, -0.2) is 12.9 Å². The molecular formula is C30H40O3. The minimum atomic E-state index is -0.00411. The van der Waals surface area contributed by atoms with Crippen molar-refractivity contribution >= 4 is 11.4 Å². The molecule has 0 N–H and O–H groups in total. The molecule has 2 aromatic rings. The molecule has 1 aliphatic carbocycles. The van der Waals surface area contributed by atoms with Crippen molar-refractivity contribution in [2.45, 2.75) is 84.7 Å². The number of Topliss-reactive ketones (excluding diaryl/α,β-unsaturated/α-hetero) is 1. The molecule has 0 radical (unpaired) electrons. The predicted molar refractivity (Wildman–Crippen MR) is 136 cm³/mol. The van der Waals surface area contributed by atoms with Crippen LogP contribution in [0.2, 0.25) is 0 Å². The van der Waals surface area contributed by atoms with Crippen LogP contribution in [0.4, 0.5) is 0 Å². The first kappa shape index (κ1) is 25.1. The van der Waals surface area contributed by atoms with Crippen molar-refractivity contribution in [3.8, 4) is 5.75 Å². The summed E-state index contributed by atoms with van der Waals surface area (Å²) in [6.45, 7) is 9.34. The smallest absolute Gasteiger partial charge is 0.169 e. The highest BCUT2D eigenvalue weighted by molar-refractivity contribution is 6.23. The van der Waals surface area contributed by atoms with E-state index in [1.807, 2.05) is 25.1 Å². The van der Waals surface area contributed by atoms with Gasteiger partial charge in [0.2, 0.25) is 0 Å². The molecule has 0 fully saturated rings. The molecule has 0 spiro atoms. The van der Waals surface area contributed by atoms with Crippen molar-refractivity contribution in [1.29, 1.82) is 0 Å². The van der Waals surface area contributed by atoms with Gasteiger partial charge in [-0.3, -0.25) is 4.79 Å². The number of hydrogen-bond acceptors (Lipinski definition) is 3. The zero-order valence-electron chi connectivity index (χ0n) is 21.1. The predicted octanol–water partition coefficient (Wildman–Crippen LogP) is 7.87. The summed E-state index contributed by atoms with van der Waals surface area (Å²) in [5, 5.41) is 0. The summed E-state index contributed by atoms with van der Waals surface area (Å²) in [6.07, 6.45) is 7.76. The summed E-state index contributed by atoms with van der Waals surface area (Å²) in [6, 6.07) is 16.6. The fraction of sp³-hybridized carbons (Fsp3) is 0.500. The van der Waals surface area contributed by atoms with E-state index in [0.717, 1.165) is 41.9 Å². The van der Waals surface area contributed by atoms with Gasteiger partial charge in [-0.25, -0.2) is 0 Å². The highest BCUT2D eigenvalue weighted by Crippen LogP contribution is 2.40. The van der Waals surface area contributed by atoms with E-state index in [1.54, 1.807) is 7.11 Å². The molecule has 1 aliphatic rings. The zero-order chi connectivity index (χ0) is 23.8. The molecule has 0 aromatic heterocycles. The summed E-state index contributed by atoms with van der Waals surface area (Å²) in [5.74, 6) is 1.68. The first-order valence-corrected chi connectivity index (χ1v) is 12.5. The van der Waals surface area contributed by atoms with E-state index >= 15 is 0 Å². The van der Waals surface area contributed by atoms with E-state index in [1.165, 1.54) is 31.2 Å². The van der Waals surface area contributed by atoms with Crippen LogP contribution in [0.25, 0.3) is 5.57 Å². The number of carbonyl (C=O) groups excluding carboxylic acids is 1. The Hall–Kier alpha value is -2.55. The zero-order valence-corrected chi connectivity index (χ0v) is 21.1. The minimum absolute atomic E-state index is 0.00411. The highest BCUT2D eigenvalue weighted by atomic mass is 16.5. The first-order valence-electron chi connectivity index (χ1n) is 12.5. The van der Waals surface area contributed by atoms with Crippen LogP contribution in [0.3, 0.4) is 0 Å². The standard InChI is InChI=1S/C30H40O3/c1-6-7-8-12-19-30(3,4)24-16-17-25(28-26(32-5)18-15-22(2)29(28)31)27(20-24)33-21-23-13-10-9-11-14-23/h9-11,13-14,16-17,20,22H,6-8,12,15,18-19,21H2,1-5H3. The average Bonchev–Trinajstić information content (AvgIpc) is 2.83. The summed E-state index contributed by atoms with van der Waals surface area (Å²) in [4.78, 5) is 13.2. The molecule has 0 aliphatic heterocycles. The third kappa shape index (κ3) is 6.28. The van der Waals surface area contributed by atoms with E-state index in [9.17, 15) is 4.79 Å². The number of hydrogen-bond donors (Lipinski definition) is 0. The molecule has 178 valence electrons. The van der Waals surface area contributed by atoms with E-state index in [0.29, 0.717) is 12.2 Å². The van der Waals surface area contributed by atoms with Gasteiger partial charge in [0, 0.05) is 17.9 Å². The minimum Gasteiger partial charge on any atom is -0.500 e. The molecule has 3 nitrogen and oxygen atoms in total. The lowest BCUT2D eigenvalue weighted by atomic mass is 9.78. The normalized spacial score (nSPS) is 16.8. The summed E-state index contributed by atoms with van der Waals surface area (Å²) < 4.78 is 12.1. The van der Waals surface area contributed by atoms with E-state index in [4.69, 9.17) is 9.47 Å². The Morgan fingerprint density at radius 3 is 2.48 bits per heavy atom. The van der Waals surface area contributed by atoms with E-state index in [2.05, 4.69) is 51.1 Å².